The maximum Gasteiger partial charge on any atom is 0.259 e. The van der Waals surface area contributed by atoms with Crippen LogP contribution in [0.5, 0.6) is 0 Å². The number of hydrogen-bond donors (Lipinski definition) is 2. The Morgan fingerprint density at radius 1 is 1.38 bits per heavy atom. The van der Waals surface area contributed by atoms with Crippen LogP contribution in [0.25, 0.3) is 10.2 Å². The Labute approximate surface area is 153 Å². The lowest BCUT2D eigenvalue weighted by Crippen LogP contribution is -2.16. The predicted molar refractivity (Wildman–Crippen MR) is 100 cm³/mol. The summed E-state index contributed by atoms with van der Waals surface area (Å²) in [7, 11) is 0. The van der Waals surface area contributed by atoms with Crippen LogP contribution in [0.15, 0.2) is 29.1 Å². The molecule has 2 heterocycles. The number of rotatable bonds is 4. The van der Waals surface area contributed by atoms with E-state index in [2.05, 4.69) is 15.3 Å². The van der Waals surface area contributed by atoms with E-state index in [1.54, 1.807) is 35.6 Å². The highest BCUT2D eigenvalue weighted by molar-refractivity contribution is 7.18. The zero-order valence-corrected chi connectivity index (χ0v) is 14.8. The SMILES string of the molecule is N#Cc1cccc(NC(=O)CCc2nc3sc4c(c3c(=O)[nH]2)CCC4)c1. The van der Waals surface area contributed by atoms with Crippen molar-refractivity contribution in [1.82, 2.24) is 9.97 Å². The third-order valence-corrected chi connectivity index (χ3v) is 5.67. The average molecular weight is 364 g/mol. The minimum atomic E-state index is -0.184. The summed E-state index contributed by atoms with van der Waals surface area (Å²) in [6.07, 6.45) is 3.64. The summed E-state index contributed by atoms with van der Waals surface area (Å²) in [4.78, 5) is 34.0. The van der Waals surface area contributed by atoms with E-state index in [9.17, 15) is 9.59 Å². The van der Waals surface area contributed by atoms with Gasteiger partial charge in [-0.1, -0.05) is 6.07 Å². The number of thiophene rings is 1. The quantitative estimate of drug-likeness (QED) is 0.743. The van der Waals surface area contributed by atoms with Crippen LogP contribution in [-0.2, 0) is 24.1 Å². The van der Waals surface area contributed by atoms with Crippen LogP contribution >= 0.6 is 11.3 Å². The van der Waals surface area contributed by atoms with Crippen molar-refractivity contribution in [2.75, 3.05) is 5.32 Å². The van der Waals surface area contributed by atoms with E-state index in [4.69, 9.17) is 5.26 Å². The van der Waals surface area contributed by atoms with Crippen LogP contribution in [0.3, 0.4) is 0 Å². The lowest BCUT2D eigenvalue weighted by molar-refractivity contribution is -0.116. The number of aromatic nitrogens is 2. The molecule has 0 saturated carbocycles. The van der Waals surface area contributed by atoms with Crippen LogP contribution in [-0.4, -0.2) is 15.9 Å². The molecular weight excluding hydrogens is 348 g/mol. The average Bonchev–Trinajstić information content (AvgIpc) is 3.20. The Hall–Kier alpha value is -2.98. The summed E-state index contributed by atoms with van der Waals surface area (Å²) in [5.74, 6) is 0.347. The van der Waals surface area contributed by atoms with Crippen molar-refractivity contribution in [3.63, 3.8) is 0 Å². The molecule has 4 rings (SSSR count). The van der Waals surface area contributed by atoms with Gasteiger partial charge in [0, 0.05) is 23.4 Å². The Balaban J connectivity index is 1.47. The van der Waals surface area contributed by atoms with Crippen molar-refractivity contribution in [3.8, 4) is 6.07 Å². The van der Waals surface area contributed by atoms with Gasteiger partial charge in [0.25, 0.3) is 5.56 Å². The van der Waals surface area contributed by atoms with Gasteiger partial charge < -0.3 is 10.3 Å². The smallest absolute Gasteiger partial charge is 0.259 e. The number of benzene rings is 1. The molecule has 1 amide bonds. The van der Waals surface area contributed by atoms with E-state index in [-0.39, 0.29) is 17.9 Å². The van der Waals surface area contributed by atoms with Gasteiger partial charge in [0.05, 0.1) is 17.0 Å². The van der Waals surface area contributed by atoms with Gasteiger partial charge in [-0.15, -0.1) is 11.3 Å². The second-order valence-electron chi connectivity index (χ2n) is 6.29. The molecule has 0 spiro atoms. The van der Waals surface area contributed by atoms with Crippen LogP contribution in [0.1, 0.15) is 34.7 Å². The molecule has 0 unspecified atom stereocenters. The van der Waals surface area contributed by atoms with Gasteiger partial charge in [0.2, 0.25) is 5.91 Å². The maximum atomic E-state index is 12.4. The zero-order chi connectivity index (χ0) is 18.1. The number of hydrogen-bond acceptors (Lipinski definition) is 5. The molecule has 130 valence electrons. The van der Waals surface area contributed by atoms with Crippen LogP contribution < -0.4 is 10.9 Å². The molecule has 0 saturated heterocycles. The molecule has 2 aromatic heterocycles. The Morgan fingerprint density at radius 3 is 3.12 bits per heavy atom. The molecule has 1 aromatic carbocycles. The lowest BCUT2D eigenvalue weighted by atomic mass is 10.2. The van der Waals surface area contributed by atoms with Gasteiger partial charge in [-0.3, -0.25) is 9.59 Å². The molecule has 26 heavy (non-hydrogen) atoms. The predicted octanol–water partition coefficient (Wildman–Crippen LogP) is 2.92. The van der Waals surface area contributed by atoms with E-state index < -0.39 is 0 Å². The van der Waals surface area contributed by atoms with Gasteiger partial charge in [-0.2, -0.15) is 5.26 Å². The monoisotopic (exact) mass is 364 g/mol. The number of H-pyrrole nitrogens is 1. The molecule has 0 aliphatic heterocycles. The molecule has 6 nitrogen and oxygen atoms in total. The summed E-state index contributed by atoms with van der Waals surface area (Å²) in [6.45, 7) is 0. The summed E-state index contributed by atoms with van der Waals surface area (Å²) < 4.78 is 0. The molecule has 7 heteroatoms. The number of carbonyl (C=O) groups excluding carboxylic acids is 1. The van der Waals surface area contributed by atoms with Crippen LogP contribution in [0, 0.1) is 11.3 Å². The number of fused-ring (bicyclic) bond motifs is 3. The van der Waals surface area contributed by atoms with E-state index in [0.29, 0.717) is 23.5 Å². The fourth-order valence-corrected chi connectivity index (χ4v) is 4.57. The summed E-state index contributed by atoms with van der Waals surface area (Å²) >= 11 is 1.59. The number of nitriles is 1. The molecule has 3 aromatic rings. The summed E-state index contributed by atoms with van der Waals surface area (Å²) in [5, 5.41) is 12.4. The number of carbonyl (C=O) groups is 1. The van der Waals surface area contributed by atoms with E-state index >= 15 is 0 Å². The highest BCUT2D eigenvalue weighted by Gasteiger charge is 2.21. The molecule has 0 radical (unpaired) electrons. The van der Waals surface area contributed by atoms with Crippen molar-refractivity contribution >= 4 is 33.1 Å². The number of nitrogens with zero attached hydrogens (tertiary/aromatic N) is 2. The van der Waals surface area contributed by atoms with Gasteiger partial charge in [-0.05, 0) is 43.0 Å². The number of aromatic amines is 1. The Kier molecular flexibility index (Phi) is 4.27. The molecule has 2 N–H and O–H groups in total. The van der Waals surface area contributed by atoms with Crippen LogP contribution in [0.2, 0.25) is 0 Å². The third kappa shape index (κ3) is 3.11. The number of nitrogens with one attached hydrogen (secondary N) is 2. The number of amides is 1. The van der Waals surface area contributed by atoms with E-state index in [0.717, 1.165) is 35.0 Å². The van der Waals surface area contributed by atoms with Gasteiger partial charge in [-0.25, -0.2) is 4.98 Å². The first kappa shape index (κ1) is 16.5. The van der Waals surface area contributed by atoms with E-state index in [1.165, 1.54) is 4.88 Å². The number of anilines is 1. The van der Waals surface area contributed by atoms with Gasteiger partial charge in [0.1, 0.15) is 10.7 Å². The van der Waals surface area contributed by atoms with Crippen molar-refractivity contribution < 1.29 is 4.79 Å². The maximum absolute atomic E-state index is 12.4. The van der Waals surface area contributed by atoms with Crippen LogP contribution in [0.4, 0.5) is 5.69 Å². The first-order chi connectivity index (χ1) is 12.6. The molecule has 0 atom stereocenters. The molecule has 0 bridgehead atoms. The Bertz CT molecular complexity index is 1110. The molecule has 0 fully saturated rings. The highest BCUT2D eigenvalue weighted by Crippen LogP contribution is 2.34. The van der Waals surface area contributed by atoms with Crippen molar-refractivity contribution in [1.29, 1.82) is 5.26 Å². The van der Waals surface area contributed by atoms with Gasteiger partial charge >= 0.3 is 0 Å². The topological polar surface area (TPSA) is 98.6 Å². The van der Waals surface area contributed by atoms with E-state index in [1.807, 2.05) is 6.07 Å². The van der Waals surface area contributed by atoms with Gasteiger partial charge in [0.15, 0.2) is 0 Å². The zero-order valence-electron chi connectivity index (χ0n) is 14.0. The minimum absolute atomic E-state index is 0.105. The summed E-state index contributed by atoms with van der Waals surface area (Å²) in [5.41, 5.74) is 2.12. The first-order valence-corrected chi connectivity index (χ1v) is 9.29. The largest absolute Gasteiger partial charge is 0.326 e. The standard InChI is InChI=1S/C19H16N4O2S/c20-10-11-3-1-4-12(9-11)21-16(24)8-7-15-22-18(25)17-13-5-2-6-14(13)26-19(17)23-15/h1,3-4,9H,2,5-8H2,(H,21,24)(H,22,23,25). The second kappa shape index (κ2) is 6.73. The first-order valence-electron chi connectivity index (χ1n) is 8.47. The minimum Gasteiger partial charge on any atom is -0.326 e. The highest BCUT2D eigenvalue weighted by atomic mass is 32.1. The third-order valence-electron chi connectivity index (χ3n) is 4.49. The molecular formula is C19H16N4O2S. The molecule has 1 aliphatic carbocycles. The number of aryl methyl sites for hydroxylation is 3. The Morgan fingerprint density at radius 2 is 2.27 bits per heavy atom. The summed E-state index contributed by atoms with van der Waals surface area (Å²) in [6, 6.07) is 8.79. The van der Waals surface area contributed by atoms with Crippen molar-refractivity contribution in [2.24, 2.45) is 0 Å². The fraction of sp³-hybridized carbons (Fsp3) is 0.263. The second-order valence-corrected chi connectivity index (χ2v) is 7.37. The van der Waals surface area contributed by atoms with Crippen molar-refractivity contribution in [3.05, 3.63) is 56.4 Å². The van der Waals surface area contributed by atoms with Crippen molar-refractivity contribution in [2.45, 2.75) is 32.1 Å². The molecule has 1 aliphatic rings. The lowest BCUT2D eigenvalue weighted by Gasteiger charge is -2.05. The normalized spacial score (nSPS) is 12.7. The fourth-order valence-electron chi connectivity index (χ4n) is 3.29.